The summed E-state index contributed by atoms with van der Waals surface area (Å²) in [5.74, 6) is 0.571. The second-order valence-corrected chi connectivity index (χ2v) is 3.60. The van der Waals surface area contributed by atoms with E-state index in [2.05, 4.69) is 16.4 Å². The quantitative estimate of drug-likeness (QED) is 0.502. The minimum Gasteiger partial charge on any atom is -0.370 e. The molecule has 0 saturated carbocycles. The third-order valence-electron chi connectivity index (χ3n) is 1.51. The van der Waals surface area contributed by atoms with E-state index in [9.17, 15) is 0 Å². The van der Waals surface area contributed by atoms with E-state index in [1.807, 2.05) is 27.7 Å². The zero-order chi connectivity index (χ0) is 10.4. The molecule has 0 aromatic rings. The van der Waals surface area contributed by atoms with Gasteiger partial charge in [-0.15, -0.1) is 0 Å². The predicted octanol–water partition coefficient (Wildman–Crippen LogP) is 0.847. The van der Waals surface area contributed by atoms with Crippen LogP contribution >= 0.6 is 0 Å². The lowest BCUT2D eigenvalue weighted by Gasteiger charge is -2.15. The van der Waals surface area contributed by atoms with E-state index >= 15 is 0 Å². The second-order valence-electron chi connectivity index (χ2n) is 3.60. The second kappa shape index (κ2) is 5.41. The zero-order valence-corrected chi connectivity index (χ0v) is 8.70. The fourth-order valence-electron chi connectivity index (χ4n) is 0.823. The Bertz CT molecular complexity index is 212. The Morgan fingerprint density at radius 2 is 1.92 bits per heavy atom. The molecule has 4 heteroatoms. The van der Waals surface area contributed by atoms with Crippen LogP contribution in [-0.2, 0) is 0 Å². The van der Waals surface area contributed by atoms with Crippen molar-refractivity contribution in [1.29, 1.82) is 5.26 Å². The first-order valence-corrected chi connectivity index (χ1v) is 4.46. The third kappa shape index (κ3) is 5.07. The van der Waals surface area contributed by atoms with Crippen LogP contribution in [0, 0.1) is 17.2 Å². The monoisotopic (exact) mass is 182 g/mol. The highest BCUT2D eigenvalue weighted by Crippen LogP contribution is 1.99. The predicted molar refractivity (Wildman–Crippen MR) is 54.1 cm³/mol. The van der Waals surface area contributed by atoms with Crippen LogP contribution in [0.2, 0.25) is 0 Å². The summed E-state index contributed by atoms with van der Waals surface area (Å²) in [6, 6.07) is 2.02. The first-order chi connectivity index (χ1) is 5.97. The number of aliphatic imine (C=N–C) groups is 1. The molecule has 0 spiro atoms. The molecule has 0 fully saturated rings. The van der Waals surface area contributed by atoms with Gasteiger partial charge in [0.05, 0.1) is 6.07 Å². The molecule has 0 amide bonds. The van der Waals surface area contributed by atoms with E-state index in [0.29, 0.717) is 5.96 Å². The molecule has 0 saturated heterocycles. The maximum Gasteiger partial charge on any atom is 0.189 e. The number of nitrogens with zero attached hydrogens (tertiary/aromatic N) is 2. The SMILES string of the molecule is CC(C)/N=C(\N)NC(C#N)C(C)C. The van der Waals surface area contributed by atoms with Crippen molar-refractivity contribution in [1.82, 2.24) is 5.32 Å². The van der Waals surface area contributed by atoms with Crippen molar-refractivity contribution in [3.8, 4) is 6.07 Å². The fourth-order valence-corrected chi connectivity index (χ4v) is 0.823. The maximum absolute atomic E-state index is 8.76. The molecule has 4 nitrogen and oxygen atoms in total. The molecule has 74 valence electrons. The number of hydrogen-bond acceptors (Lipinski definition) is 2. The van der Waals surface area contributed by atoms with Gasteiger partial charge in [0.1, 0.15) is 6.04 Å². The standard InChI is InChI=1S/C9H18N4/c1-6(2)8(5-10)13-9(11)12-7(3)4/h6-8H,1-4H3,(H3,11,12,13). The van der Waals surface area contributed by atoms with Crippen molar-refractivity contribution in [3.05, 3.63) is 0 Å². The van der Waals surface area contributed by atoms with Crippen molar-refractivity contribution in [3.63, 3.8) is 0 Å². The van der Waals surface area contributed by atoms with Gasteiger partial charge in [-0.2, -0.15) is 5.26 Å². The van der Waals surface area contributed by atoms with E-state index in [4.69, 9.17) is 11.0 Å². The molecule has 1 atom stereocenters. The van der Waals surface area contributed by atoms with E-state index in [-0.39, 0.29) is 18.0 Å². The van der Waals surface area contributed by atoms with Crippen LogP contribution in [-0.4, -0.2) is 18.0 Å². The molecule has 13 heavy (non-hydrogen) atoms. The lowest BCUT2D eigenvalue weighted by atomic mass is 10.1. The van der Waals surface area contributed by atoms with Crippen LogP contribution in [0.3, 0.4) is 0 Å². The molecule has 0 aromatic heterocycles. The minimum absolute atomic E-state index is 0.152. The number of nitrogens with two attached hydrogens (primary N) is 1. The Kier molecular flexibility index (Phi) is 4.90. The van der Waals surface area contributed by atoms with E-state index in [1.54, 1.807) is 0 Å². The summed E-state index contributed by atoms with van der Waals surface area (Å²) in [7, 11) is 0. The van der Waals surface area contributed by atoms with Crippen LogP contribution in [0.1, 0.15) is 27.7 Å². The Labute approximate surface area is 79.8 Å². The number of hydrogen-bond donors (Lipinski definition) is 2. The highest BCUT2D eigenvalue weighted by atomic mass is 15.1. The first-order valence-electron chi connectivity index (χ1n) is 4.46. The molecule has 1 unspecified atom stereocenters. The van der Waals surface area contributed by atoms with Crippen molar-refractivity contribution in [2.45, 2.75) is 39.8 Å². The van der Waals surface area contributed by atoms with Gasteiger partial charge in [0.15, 0.2) is 5.96 Å². The van der Waals surface area contributed by atoms with Crippen LogP contribution in [0.5, 0.6) is 0 Å². The number of rotatable bonds is 3. The molecule has 3 N–H and O–H groups in total. The zero-order valence-electron chi connectivity index (χ0n) is 8.70. The molecule has 0 aliphatic rings. The third-order valence-corrected chi connectivity index (χ3v) is 1.51. The summed E-state index contributed by atoms with van der Waals surface area (Å²) in [5, 5.41) is 11.6. The van der Waals surface area contributed by atoms with Gasteiger partial charge in [0.25, 0.3) is 0 Å². The van der Waals surface area contributed by atoms with Gasteiger partial charge < -0.3 is 11.1 Å². The molecular formula is C9H18N4. The normalized spacial score (nSPS) is 14.4. The first kappa shape index (κ1) is 11.8. The van der Waals surface area contributed by atoms with Gasteiger partial charge in [0.2, 0.25) is 0 Å². The van der Waals surface area contributed by atoms with E-state index < -0.39 is 0 Å². The van der Waals surface area contributed by atoms with Crippen molar-refractivity contribution in [2.24, 2.45) is 16.6 Å². The highest BCUT2D eigenvalue weighted by Gasteiger charge is 2.12. The van der Waals surface area contributed by atoms with E-state index in [0.717, 1.165) is 0 Å². The summed E-state index contributed by atoms with van der Waals surface area (Å²) in [6.07, 6.45) is 0. The summed E-state index contributed by atoms with van der Waals surface area (Å²) < 4.78 is 0. The molecule has 0 heterocycles. The molecule has 0 aliphatic carbocycles. The van der Waals surface area contributed by atoms with Crippen molar-refractivity contribution >= 4 is 5.96 Å². The van der Waals surface area contributed by atoms with Gasteiger partial charge in [0, 0.05) is 6.04 Å². The fraction of sp³-hybridized carbons (Fsp3) is 0.778. The smallest absolute Gasteiger partial charge is 0.189 e. The largest absolute Gasteiger partial charge is 0.370 e. The van der Waals surface area contributed by atoms with Gasteiger partial charge in [-0.3, -0.25) is 4.99 Å². The van der Waals surface area contributed by atoms with Gasteiger partial charge in [-0.25, -0.2) is 0 Å². The topological polar surface area (TPSA) is 74.2 Å². The molecule has 0 rings (SSSR count). The Morgan fingerprint density at radius 3 is 2.23 bits per heavy atom. The highest BCUT2D eigenvalue weighted by molar-refractivity contribution is 5.78. The summed E-state index contributed by atoms with van der Waals surface area (Å²) in [5.41, 5.74) is 5.58. The minimum atomic E-state index is -0.262. The molecule has 0 bridgehead atoms. The van der Waals surface area contributed by atoms with E-state index in [1.165, 1.54) is 0 Å². The lowest BCUT2D eigenvalue weighted by Crippen LogP contribution is -2.42. The van der Waals surface area contributed by atoms with Crippen LogP contribution in [0.4, 0.5) is 0 Å². The molecule has 0 radical (unpaired) electrons. The lowest BCUT2D eigenvalue weighted by molar-refractivity contribution is 0.534. The molecule has 0 aromatic carbocycles. The summed E-state index contributed by atoms with van der Waals surface area (Å²) in [6.45, 7) is 7.80. The van der Waals surface area contributed by atoms with Crippen LogP contribution < -0.4 is 11.1 Å². The average Bonchev–Trinajstić information content (AvgIpc) is 1.98. The maximum atomic E-state index is 8.76. The average molecular weight is 182 g/mol. The van der Waals surface area contributed by atoms with Crippen LogP contribution in [0.25, 0.3) is 0 Å². The molecule has 0 aliphatic heterocycles. The number of guanidine groups is 1. The number of nitriles is 1. The van der Waals surface area contributed by atoms with Crippen molar-refractivity contribution in [2.75, 3.05) is 0 Å². The Hall–Kier alpha value is -1.24. The van der Waals surface area contributed by atoms with Gasteiger partial charge >= 0.3 is 0 Å². The Morgan fingerprint density at radius 1 is 1.38 bits per heavy atom. The number of nitrogens with one attached hydrogen (secondary N) is 1. The summed E-state index contributed by atoms with van der Waals surface area (Å²) in [4.78, 5) is 4.08. The molecular weight excluding hydrogens is 164 g/mol. The van der Waals surface area contributed by atoms with Gasteiger partial charge in [-0.05, 0) is 19.8 Å². The Balaban J connectivity index is 4.19. The van der Waals surface area contributed by atoms with Crippen molar-refractivity contribution < 1.29 is 0 Å². The van der Waals surface area contributed by atoms with Crippen LogP contribution in [0.15, 0.2) is 4.99 Å². The summed E-state index contributed by atoms with van der Waals surface area (Å²) >= 11 is 0. The van der Waals surface area contributed by atoms with Gasteiger partial charge in [-0.1, -0.05) is 13.8 Å².